The summed E-state index contributed by atoms with van der Waals surface area (Å²) in [6.07, 6.45) is -2.19. The summed E-state index contributed by atoms with van der Waals surface area (Å²) < 4.78 is 0. The molecule has 0 aliphatic carbocycles. The molecule has 1 amide bonds. The van der Waals surface area contributed by atoms with Crippen molar-refractivity contribution >= 4 is 16.7 Å². The molecule has 0 saturated carbocycles. The zero-order chi connectivity index (χ0) is 14.7. The van der Waals surface area contributed by atoms with Crippen molar-refractivity contribution in [3.63, 3.8) is 0 Å². The van der Waals surface area contributed by atoms with Gasteiger partial charge in [0, 0.05) is 13.5 Å². The van der Waals surface area contributed by atoms with Crippen LogP contribution in [0.2, 0.25) is 0 Å². The molecule has 0 bridgehead atoms. The van der Waals surface area contributed by atoms with E-state index in [9.17, 15) is 20.1 Å². The van der Waals surface area contributed by atoms with Crippen molar-refractivity contribution in [3.8, 4) is 5.75 Å². The predicted octanol–water partition coefficient (Wildman–Crippen LogP) is 1.08. The molecule has 0 aliphatic rings. The highest BCUT2D eigenvalue weighted by Crippen LogP contribution is 2.25. The maximum atomic E-state index is 10.8. The summed E-state index contributed by atoms with van der Waals surface area (Å²) in [7, 11) is 0. The van der Waals surface area contributed by atoms with Gasteiger partial charge in [0.2, 0.25) is 5.91 Å². The number of aliphatic hydroxyl groups excluding tert-OH is 2. The fraction of sp³-hybridized carbons (Fsp3) is 0.267. The Balaban J connectivity index is 2.21. The molecule has 20 heavy (non-hydrogen) atoms. The van der Waals surface area contributed by atoms with E-state index < -0.39 is 12.2 Å². The molecule has 106 valence electrons. The van der Waals surface area contributed by atoms with E-state index in [4.69, 9.17) is 0 Å². The zero-order valence-electron chi connectivity index (χ0n) is 11.1. The summed E-state index contributed by atoms with van der Waals surface area (Å²) in [5, 5.41) is 33.5. The van der Waals surface area contributed by atoms with Crippen LogP contribution in [0.3, 0.4) is 0 Å². The minimum Gasteiger partial charge on any atom is -0.508 e. The van der Waals surface area contributed by atoms with Gasteiger partial charge < -0.3 is 20.6 Å². The van der Waals surface area contributed by atoms with Crippen molar-refractivity contribution in [2.45, 2.75) is 19.1 Å². The SMILES string of the molecule is CC(=O)NCC(O)C(O)c1ccc2ccc(O)cc2c1. The molecule has 2 atom stereocenters. The van der Waals surface area contributed by atoms with Gasteiger partial charge in [0.25, 0.3) is 0 Å². The third-order valence-corrected chi connectivity index (χ3v) is 3.11. The summed E-state index contributed by atoms with van der Waals surface area (Å²) in [5.41, 5.74) is 0.529. The van der Waals surface area contributed by atoms with E-state index in [1.165, 1.54) is 6.92 Å². The first-order valence-electron chi connectivity index (χ1n) is 6.30. The third-order valence-electron chi connectivity index (χ3n) is 3.11. The molecule has 2 aromatic rings. The van der Waals surface area contributed by atoms with Gasteiger partial charge in [-0.15, -0.1) is 0 Å². The highest BCUT2D eigenvalue weighted by Gasteiger charge is 2.18. The average molecular weight is 275 g/mol. The fourth-order valence-electron chi connectivity index (χ4n) is 2.02. The summed E-state index contributed by atoms with van der Waals surface area (Å²) in [6, 6.07) is 10.2. The molecule has 4 N–H and O–H groups in total. The normalized spacial score (nSPS) is 13.9. The number of amides is 1. The van der Waals surface area contributed by atoms with E-state index in [2.05, 4.69) is 5.32 Å². The number of aliphatic hydroxyl groups is 2. The van der Waals surface area contributed by atoms with Crippen LogP contribution in [-0.2, 0) is 4.79 Å². The number of benzene rings is 2. The van der Waals surface area contributed by atoms with Crippen LogP contribution < -0.4 is 5.32 Å². The Kier molecular flexibility index (Phi) is 4.22. The van der Waals surface area contributed by atoms with Crippen LogP contribution in [0.1, 0.15) is 18.6 Å². The third kappa shape index (κ3) is 3.26. The number of fused-ring (bicyclic) bond motifs is 1. The number of carbonyl (C=O) groups is 1. The molecule has 0 aromatic heterocycles. The molecule has 0 aliphatic heterocycles. The van der Waals surface area contributed by atoms with Crippen molar-refractivity contribution < 1.29 is 20.1 Å². The molecule has 2 rings (SSSR count). The zero-order valence-corrected chi connectivity index (χ0v) is 11.1. The van der Waals surface area contributed by atoms with Crippen molar-refractivity contribution in [1.29, 1.82) is 0 Å². The van der Waals surface area contributed by atoms with Crippen molar-refractivity contribution in [2.24, 2.45) is 0 Å². The lowest BCUT2D eigenvalue weighted by atomic mass is 10.00. The number of nitrogens with one attached hydrogen (secondary N) is 1. The summed E-state index contributed by atoms with van der Waals surface area (Å²) in [4.78, 5) is 10.8. The molecular formula is C15H17NO4. The molecule has 2 unspecified atom stereocenters. The maximum absolute atomic E-state index is 10.8. The molecule has 5 heteroatoms. The van der Waals surface area contributed by atoms with Crippen LogP contribution in [0, 0.1) is 0 Å². The van der Waals surface area contributed by atoms with Gasteiger partial charge >= 0.3 is 0 Å². The van der Waals surface area contributed by atoms with E-state index in [1.807, 2.05) is 0 Å². The van der Waals surface area contributed by atoms with Crippen LogP contribution in [0.5, 0.6) is 5.75 Å². The van der Waals surface area contributed by atoms with E-state index in [0.29, 0.717) is 5.56 Å². The Morgan fingerprint density at radius 3 is 2.55 bits per heavy atom. The Labute approximate surface area is 116 Å². The largest absolute Gasteiger partial charge is 0.508 e. The van der Waals surface area contributed by atoms with E-state index in [-0.39, 0.29) is 18.2 Å². The number of rotatable bonds is 4. The van der Waals surface area contributed by atoms with Gasteiger partial charge in [-0.05, 0) is 34.5 Å². The lowest BCUT2D eigenvalue weighted by molar-refractivity contribution is -0.119. The number of aromatic hydroxyl groups is 1. The molecule has 5 nitrogen and oxygen atoms in total. The minimum atomic E-state index is -1.10. The minimum absolute atomic E-state index is 0.0193. The Hall–Kier alpha value is -2.11. The first-order chi connectivity index (χ1) is 9.47. The van der Waals surface area contributed by atoms with E-state index in [0.717, 1.165) is 10.8 Å². The molecular weight excluding hydrogens is 258 g/mol. The first-order valence-corrected chi connectivity index (χ1v) is 6.30. The predicted molar refractivity (Wildman–Crippen MR) is 75.3 cm³/mol. The lowest BCUT2D eigenvalue weighted by Gasteiger charge is -2.18. The van der Waals surface area contributed by atoms with Gasteiger partial charge in [-0.1, -0.05) is 18.2 Å². The summed E-state index contributed by atoms with van der Waals surface area (Å²) in [6.45, 7) is 1.33. The van der Waals surface area contributed by atoms with Crippen molar-refractivity contribution in [1.82, 2.24) is 5.32 Å². The Bertz CT molecular complexity index is 626. The Morgan fingerprint density at radius 1 is 1.15 bits per heavy atom. The molecule has 0 heterocycles. The first kappa shape index (κ1) is 14.3. The van der Waals surface area contributed by atoms with Gasteiger partial charge in [0.15, 0.2) is 0 Å². The number of carbonyl (C=O) groups excluding carboxylic acids is 1. The second-order valence-corrected chi connectivity index (χ2v) is 4.74. The molecule has 0 fully saturated rings. The quantitative estimate of drug-likeness (QED) is 0.672. The maximum Gasteiger partial charge on any atom is 0.216 e. The number of hydrogen-bond acceptors (Lipinski definition) is 4. The van der Waals surface area contributed by atoms with Crippen LogP contribution in [0.25, 0.3) is 10.8 Å². The second kappa shape index (κ2) is 5.90. The molecule has 0 saturated heterocycles. The van der Waals surface area contributed by atoms with Gasteiger partial charge in [-0.2, -0.15) is 0 Å². The van der Waals surface area contributed by atoms with Gasteiger partial charge in [-0.25, -0.2) is 0 Å². The smallest absolute Gasteiger partial charge is 0.216 e. The van der Waals surface area contributed by atoms with Crippen LogP contribution in [0.15, 0.2) is 36.4 Å². The topological polar surface area (TPSA) is 89.8 Å². The summed E-state index contributed by atoms with van der Waals surface area (Å²) >= 11 is 0. The number of phenolic OH excluding ortho intramolecular Hbond substituents is 1. The molecule has 2 aromatic carbocycles. The fourth-order valence-corrected chi connectivity index (χ4v) is 2.02. The average Bonchev–Trinajstić information content (AvgIpc) is 2.43. The van der Waals surface area contributed by atoms with Crippen LogP contribution >= 0.6 is 0 Å². The van der Waals surface area contributed by atoms with E-state index >= 15 is 0 Å². The summed E-state index contributed by atoms with van der Waals surface area (Å²) in [5.74, 6) is -0.123. The number of hydrogen-bond donors (Lipinski definition) is 4. The Morgan fingerprint density at radius 2 is 1.85 bits per heavy atom. The highest BCUT2D eigenvalue weighted by atomic mass is 16.3. The van der Waals surface area contributed by atoms with E-state index in [1.54, 1.807) is 36.4 Å². The molecule has 0 radical (unpaired) electrons. The van der Waals surface area contributed by atoms with Crippen LogP contribution in [0.4, 0.5) is 0 Å². The van der Waals surface area contributed by atoms with Gasteiger partial charge in [-0.3, -0.25) is 4.79 Å². The lowest BCUT2D eigenvalue weighted by Crippen LogP contribution is -2.34. The second-order valence-electron chi connectivity index (χ2n) is 4.74. The van der Waals surface area contributed by atoms with Gasteiger partial charge in [0.1, 0.15) is 18.0 Å². The van der Waals surface area contributed by atoms with Crippen LogP contribution in [-0.4, -0.2) is 33.9 Å². The monoisotopic (exact) mass is 275 g/mol. The van der Waals surface area contributed by atoms with Crippen molar-refractivity contribution in [3.05, 3.63) is 42.0 Å². The van der Waals surface area contributed by atoms with Crippen molar-refractivity contribution in [2.75, 3.05) is 6.54 Å². The highest BCUT2D eigenvalue weighted by molar-refractivity contribution is 5.84. The molecule has 0 spiro atoms. The standard InChI is InChI=1S/C15H17NO4/c1-9(17)16-8-14(19)15(20)11-3-2-10-4-5-13(18)7-12(10)6-11/h2-7,14-15,18-20H,8H2,1H3,(H,16,17). The van der Waals surface area contributed by atoms with Gasteiger partial charge in [0.05, 0.1) is 0 Å². The number of phenols is 1.